The van der Waals surface area contributed by atoms with Crippen LogP contribution in [0, 0.1) is 0 Å². The van der Waals surface area contributed by atoms with Crippen molar-refractivity contribution in [3.05, 3.63) is 107 Å². The monoisotopic (exact) mass is 404 g/mol. The molecule has 0 heterocycles. The molecule has 0 aliphatic carbocycles. The van der Waals surface area contributed by atoms with Gasteiger partial charge in [-0.25, -0.2) is 4.79 Å². The molecule has 0 radical (unpaired) electrons. The molecule has 29 heavy (non-hydrogen) atoms. The van der Waals surface area contributed by atoms with Crippen LogP contribution >= 0.6 is 11.6 Å². The molecule has 3 rings (SSSR count). The Morgan fingerprint density at radius 2 is 1.31 bits per heavy atom. The molecule has 2 amide bonds. The third-order valence-electron chi connectivity index (χ3n) is 4.30. The first-order valence-electron chi connectivity index (χ1n) is 9.11. The lowest BCUT2D eigenvalue weighted by Crippen LogP contribution is -2.38. The van der Waals surface area contributed by atoms with Crippen molar-refractivity contribution >= 4 is 34.8 Å². The average molecular weight is 405 g/mol. The Morgan fingerprint density at radius 3 is 1.86 bits per heavy atom. The van der Waals surface area contributed by atoms with Crippen molar-refractivity contribution in [2.45, 2.75) is 0 Å². The third kappa shape index (κ3) is 4.92. The van der Waals surface area contributed by atoms with Gasteiger partial charge in [-0.05, 0) is 42.0 Å². The highest BCUT2D eigenvalue weighted by atomic mass is 35.5. The standard InChI is InChI=1S/C24H21ClN2O2/c1-26(2)24(29)27(21-11-7-4-8-12-21)22(18-9-5-3-6-10-18)17-23(28)19-13-15-20(25)16-14-19/h3-17H,1-2H3/b22-17+. The molecule has 0 atom stereocenters. The van der Waals surface area contributed by atoms with E-state index in [0.717, 1.165) is 5.56 Å². The first-order valence-corrected chi connectivity index (χ1v) is 9.48. The minimum atomic E-state index is -0.254. The molecule has 0 fully saturated rings. The van der Waals surface area contributed by atoms with Gasteiger partial charge in [-0.3, -0.25) is 9.69 Å². The zero-order valence-corrected chi connectivity index (χ0v) is 17.0. The summed E-state index contributed by atoms with van der Waals surface area (Å²) in [6.07, 6.45) is 1.49. The van der Waals surface area contributed by atoms with Gasteiger partial charge < -0.3 is 4.90 Å². The summed E-state index contributed by atoms with van der Waals surface area (Å²) in [7, 11) is 3.36. The first-order chi connectivity index (χ1) is 14.0. The highest BCUT2D eigenvalue weighted by molar-refractivity contribution is 6.30. The van der Waals surface area contributed by atoms with Crippen molar-refractivity contribution in [3.63, 3.8) is 0 Å². The van der Waals surface area contributed by atoms with Gasteiger partial charge in [-0.15, -0.1) is 0 Å². The number of rotatable bonds is 5. The normalized spacial score (nSPS) is 11.1. The SMILES string of the molecule is CN(C)C(=O)N(/C(=C/C(=O)c1ccc(Cl)cc1)c1ccccc1)c1ccccc1. The molecule has 0 aromatic heterocycles. The van der Waals surface area contributed by atoms with E-state index >= 15 is 0 Å². The summed E-state index contributed by atoms with van der Waals surface area (Å²) in [5.74, 6) is -0.215. The van der Waals surface area contributed by atoms with Crippen LogP contribution in [-0.4, -0.2) is 30.8 Å². The van der Waals surface area contributed by atoms with Crippen molar-refractivity contribution < 1.29 is 9.59 Å². The average Bonchev–Trinajstić information content (AvgIpc) is 2.75. The number of halogens is 1. The minimum absolute atomic E-state index is 0.215. The maximum atomic E-state index is 13.1. The number of anilines is 1. The predicted molar refractivity (Wildman–Crippen MR) is 118 cm³/mol. The Hall–Kier alpha value is -3.37. The number of hydrogen-bond acceptors (Lipinski definition) is 2. The van der Waals surface area contributed by atoms with Crippen molar-refractivity contribution in [3.8, 4) is 0 Å². The summed E-state index contributed by atoms with van der Waals surface area (Å²) >= 11 is 5.94. The first kappa shape index (κ1) is 20.4. The summed E-state index contributed by atoms with van der Waals surface area (Å²) in [4.78, 5) is 29.1. The number of para-hydroxylation sites is 1. The van der Waals surface area contributed by atoms with Crippen molar-refractivity contribution in [2.24, 2.45) is 0 Å². The number of carbonyl (C=O) groups is 2. The highest BCUT2D eigenvalue weighted by Gasteiger charge is 2.24. The van der Waals surface area contributed by atoms with Gasteiger partial charge in [0.15, 0.2) is 5.78 Å². The largest absolute Gasteiger partial charge is 0.330 e. The molecule has 0 aliphatic rings. The molecule has 4 nitrogen and oxygen atoms in total. The number of carbonyl (C=O) groups excluding carboxylic acids is 2. The van der Waals surface area contributed by atoms with Gasteiger partial charge in [0.2, 0.25) is 0 Å². The van der Waals surface area contributed by atoms with E-state index in [1.165, 1.54) is 11.0 Å². The lowest BCUT2D eigenvalue weighted by Gasteiger charge is -2.28. The maximum absolute atomic E-state index is 13.1. The fourth-order valence-corrected chi connectivity index (χ4v) is 2.96. The lowest BCUT2D eigenvalue weighted by atomic mass is 10.0. The molecule has 5 heteroatoms. The van der Waals surface area contributed by atoms with Crippen molar-refractivity contribution in [2.75, 3.05) is 19.0 Å². The molecule has 146 valence electrons. The third-order valence-corrected chi connectivity index (χ3v) is 4.55. The molecule has 0 bridgehead atoms. The van der Waals surface area contributed by atoms with Gasteiger partial charge in [0, 0.05) is 30.8 Å². The molecule has 0 aliphatic heterocycles. The molecular formula is C24H21ClN2O2. The topological polar surface area (TPSA) is 40.6 Å². The Balaban J connectivity index is 2.16. The number of allylic oxidation sites excluding steroid dienone is 1. The van der Waals surface area contributed by atoms with Crippen LogP contribution in [0.25, 0.3) is 5.70 Å². The van der Waals surface area contributed by atoms with Crippen LogP contribution in [0.1, 0.15) is 15.9 Å². The van der Waals surface area contributed by atoms with E-state index in [-0.39, 0.29) is 11.8 Å². The number of benzene rings is 3. The van der Waals surface area contributed by atoms with E-state index in [1.807, 2.05) is 60.7 Å². The summed E-state index contributed by atoms with van der Waals surface area (Å²) < 4.78 is 0. The minimum Gasteiger partial charge on any atom is -0.330 e. The summed E-state index contributed by atoms with van der Waals surface area (Å²) in [5, 5.41) is 0.558. The van der Waals surface area contributed by atoms with Gasteiger partial charge in [-0.2, -0.15) is 0 Å². The van der Waals surface area contributed by atoms with Gasteiger partial charge >= 0.3 is 6.03 Å². The second kappa shape index (κ2) is 9.22. The lowest BCUT2D eigenvalue weighted by molar-refractivity contribution is 0.104. The molecular weight excluding hydrogens is 384 g/mol. The van der Waals surface area contributed by atoms with E-state index in [4.69, 9.17) is 11.6 Å². The van der Waals surface area contributed by atoms with Gasteiger partial charge in [0.1, 0.15) is 0 Å². The van der Waals surface area contributed by atoms with Crippen molar-refractivity contribution in [1.82, 2.24) is 4.90 Å². The van der Waals surface area contributed by atoms with Crippen LogP contribution in [0.5, 0.6) is 0 Å². The molecule has 0 unspecified atom stereocenters. The summed E-state index contributed by atoms with van der Waals surface area (Å²) in [6.45, 7) is 0. The Morgan fingerprint density at radius 1 is 0.759 bits per heavy atom. The fourth-order valence-electron chi connectivity index (χ4n) is 2.84. The van der Waals surface area contributed by atoms with Crippen LogP contribution in [0.3, 0.4) is 0 Å². The number of nitrogens with zero attached hydrogens (tertiary/aromatic N) is 2. The Labute approximate surface area is 175 Å². The quantitative estimate of drug-likeness (QED) is 0.401. The smallest absolute Gasteiger partial charge is 0.328 e. The highest BCUT2D eigenvalue weighted by Crippen LogP contribution is 2.28. The van der Waals surface area contributed by atoms with Crippen LogP contribution in [0.4, 0.5) is 10.5 Å². The Kier molecular flexibility index (Phi) is 6.47. The van der Waals surface area contributed by atoms with E-state index in [9.17, 15) is 9.59 Å². The Bertz CT molecular complexity index is 1010. The van der Waals surface area contributed by atoms with E-state index in [2.05, 4.69) is 0 Å². The van der Waals surface area contributed by atoms with E-state index in [1.54, 1.807) is 43.3 Å². The second-order valence-corrected chi connectivity index (χ2v) is 7.05. The van der Waals surface area contributed by atoms with Crippen molar-refractivity contribution in [1.29, 1.82) is 0 Å². The van der Waals surface area contributed by atoms with Crippen LogP contribution in [0.15, 0.2) is 91.0 Å². The predicted octanol–water partition coefficient (Wildman–Crippen LogP) is 5.75. The zero-order chi connectivity index (χ0) is 20.8. The molecule has 0 saturated carbocycles. The number of urea groups is 1. The van der Waals surface area contributed by atoms with E-state index in [0.29, 0.717) is 22.0 Å². The van der Waals surface area contributed by atoms with Crippen LogP contribution in [-0.2, 0) is 0 Å². The van der Waals surface area contributed by atoms with Gasteiger partial charge in [0.25, 0.3) is 0 Å². The summed E-state index contributed by atoms with van der Waals surface area (Å²) in [6, 6.07) is 25.1. The number of ketones is 1. The van der Waals surface area contributed by atoms with Crippen LogP contribution < -0.4 is 4.90 Å². The molecule has 0 saturated heterocycles. The number of hydrogen-bond donors (Lipinski definition) is 0. The second-order valence-electron chi connectivity index (χ2n) is 6.61. The molecule has 0 spiro atoms. The molecule has 0 N–H and O–H groups in total. The number of amides is 2. The zero-order valence-electron chi connectivity index (χ0n) is 16.2. The molecule has 3 aromatic carbocycles. The van der Waals surface area contributed by atoms with Crippen LogP contribution in [0.2, 0.25) is 5.02 Å². The summed E-state index contributed by atoms with van der Waals surface area (Å²) in [5.41, 5.74) is 2.42. The molecule has 3 aromatic rings. The fraction of sp³-hybridized carbons (Fsp3) is 0.0833. The van der Waals surface area contributed by atoms with E-state index < -0.39 is 0 Å². The van der Waals surface area contributed by atoms with Gasteiger partial charge in [-0.1, -0.05) is 60.1 Å². The van der Waals surface area contributed by atoms with Gasteiger partial charge in [0.05, 0.1) is 11.4 Å². The maximum Gasteiger partial charge on any atom is 0.328 e.